The summed E-state index contributed by atoms with van der Waals surface area (Å²) in [6.07, 6.45) is 3.55. The molecule has 0 radical (unpaired) electrons. The third-order valence-electron chi connectivity index (χ3n) is 4.94. The monoisotopic (exact) mass is 354 g/mol. The smallest absolute Gasteiger partial charge is 0.249 e. The van der Waals surface area contributed by atoms with Gasteiger partial charge in [-0.3, -0.25) is 9.59 Å². The van der Waals surface area contributed by atoms with Crippen molar-refractivity contribution in [3.05, 3.63) is 29.0 Å². The van der Waals surface area contributed by atoms with Crippen molar-refractivity contribution in [2.24, 2.45) is 0 Å². The molecule has 2 aliphatic rings. The van der Waals surface area contributed by atoms with Gasteiger partial charge >= 0.3 is 0 Å². The molecular weight excluding hydrogens is 335 g/mol. The molecule has 1 aliphatic heterocycles. The third-order valence-corrected chi connectivity index (χ3v) is 5.24. The zero-order valence-electron chi connectivity index (χ0n) is 13.5. The molecule has 0 spiro atoms. The van der Waals surface area contributed by atoms with Crippen LogP contribution in [-0.4, -0.2) is 37.1 Å². The summed E-state index contributed by atoms with van der Waals surface area (Å²) in [4.78, 5) is 26.2. The number of rotatable bonds is 5. The second-order valence-corrected chi connectivity index (χ2v) is 6.82. The van der Waals surface area contributed by atoms with Gasteiger partial charge < -0.3 is 15.0 Å². The molecule has 2 fully saturated rings. The highest BCUT2D eigenvalue weighted by Gasteiger charge is 2.40. The Morgan fingerprint density at radius 2 is 2.25 bits per heavy atom. The zero-order chi connectivity index (χ0) is 17.3. The van der Waals surface area contributed by atoms with Gasteiger partial charge in [0.25, 0.3) is 0 Å². The Hall–Kier alpha value is -1.66. The Bertz CT molecular complexity index is 658. The van der Waals surface area contributed by atoms with Crippen LogP contribution in [0.3, 0.4) is 0 Å². The summed E-state index contributed by atoms with van der Waals surface area (Å²) >= 11 is 5.67. The maximum atomic E-state index is 13.6. The lowest BCUT2D eigenvalue weighted by atomic mass is 9.77. The largest absolute Gasteiger partial charge is 0.378 e. The minimum atomic E-state index is -0.578. The number of nitrogens with zero attached hydrogens (tertiary/aromatic N) is 1. The van der Waals surface area contributed by atoms with E-state index >= 15 is 0 Å². The van der Waals surface area contributed by atoms with Crippen LogP contribution < -0.4 is 10.2 Å². The van der Waals surface area contributed by atoms with Crippen LogP contribution in [0, 0.1) is 5.82 Å². The molecular formula is C17H20ClFN2O3. The number of benzene rings is 1. The summed E-state index contributed by atoms with van der Waals surface area (Å²) in [7, 11) is 1.62. The van der Waals surface area contributed by atoms with Crippen LogP contribution >= 0.6 is 11.6 Å². The van der Waals surface area contributed by atoms with Crippen molar-refractivity contribution in [1.29, 1.82) is 0 Å². The van der Waals surface area contributed by atoms with E-state index in [0.29, 0.717) is 18.7 Å². The third kappa shape index (κ3) is 3.26. The zero-order valence-corrected chi connectivity index (χ0v) is 14.2. The van der Waals surface area contributed by atoms with Crippen LogP contribution in [0.15, 0.2) is 18.2 Å². The Morgan fingerprint density at radius 1 is 1.50 bits per heavy atom. The average Bonchev–Trinajstić information content (AvgIpc) is 2.87. The first kappa shape index (κ1) is 17.2. The molecule has 7 heteroatoms. The summed E-state index contributed by atoms with van der Waals surface area (Å²) in [6, 6.07) is 3.68. The van der Waals surface area contributed by atoms with Gasteiger partial charge in [0.05, 0.1) is 17.0 Å². The van der Waals surface area contributed by atoms with Gasteiger partial charge in [-0.2, -0.15) is 0 Å². The van der Waals surface area contributed by atoms with Crippen LogP contribution in [0.1, 0.15) is 32.1 Å². The first-order valence-electron chi connectivity index (χ1n) is 8.05. The van der Waals surface area contributed by atoms with Crippen LogP contribution in [0.2, 0.25) is 5.02 Å². The molecule has 1 saturated heterocycles. The van der Waals surface area contributed by atoms with E-state index in [1.807, 2.05) is 0 Å². The Kier molecular flexibility index (Phi) is 4.78. The van der Waals surface area contributed by atoms with Gasteiger partial charge in [0.15, 0.2) is 0 Å². The van der Waals surface area contributed by atoms with E-state index < -0.39 is 11.9 Å². The van der Waals surface area contributed by atoms with E-state index in [9.17, 15) is 14.0 Å². The summed E-state index contributed by atoms with van der Waals surface area (Å²) in [5.41, 5.74) is 0.0797. The van der Waals surface area contributed by atoms with Crippen molar-refractivity contribution in [3.8, 4) is 0 Å². The maximum absolute atomic E-state index is 13.6. The van der Waals surface area contributed by atoms with Gasteiger partial charge in [-0.25, -0.2) is 4.39 Å². The Labute approximate surface area is 145 Å². The molecule has 5 nitrogen and oxygen atoms in total. The minimum Gasteiger partial charge on any atom is -0.378 e. The van der Waals surface area contributed by atoms with Crippen molar-refractivity contribution in [3.63, 3.8) is 0 Å². The number of carbonyl (C=O) groups is 2. The molecule has 1 atom stereocenters. The molecule has 1 N–H and O–H groups in total. The van der Waals surface area contributed by atoms with E-state index in [2.05, 4.69) is 5.32 Å². The number of amides is 2. The molecule has 1 aromatic rings. The quantitative estimate of drug-likeness (QED) is 0.884. The predicted octanol–water partition coefficient (Wildman–Crippen LogP) is 2.66. The SMILES string of the molecule is COC1(CC(=O)NC2CCN(c3ccc(Cl)c(F)c3)C2=O)CCC1. The van der Waals surface area contributed by atoms with E-state index in [1.54, 1.807) is 13.2 Å². The number of methoxy groups -OCH3 is 1. The van der Waals surface area contributed by atoms with Crippen molar-refractivity contribution < 1.29 is 18.7 Å². The highest BCUT2D eigenvalue weighted by Crippen LogP contribution is 2.38. The molecule has 2 amide bonds. The van der Waals surface area contributed by atoms with Crippen LogP contribution in [0.5, 0.6) is 0 Å². The standard InChI is InChI=1S/C17H20ClFN2O3/c1-24-17(6-2-7-17)10-15(22)20-14-5-8-21(16(14)23)11-3-4-12(18)13(19)9-11/h3-4,9,14H,2,5-8,10H2,1H3,(H,20,22). The Balaban J connectivity index is 1.61. The summed E-state index contributed by atoms with van der Waals surface area (Å²) in [5.74, 6) is -0.981. The molecule has 130 valence electrons. The summed E-state index contributed by atoms with van der Waals surface area (Å²) < 4.78 is 19.0. The second kappa shape index (κ2) is 6.69. The van der Waals surface area contributed by atoms with Crippen molar-refractivity contribution in [1.82, 2.24) is 5.32 Å². The molecule has 0 bridgehead atoms. The highest BCUT2D eigenvalue weighted by atomic mass is 35.5. The van der Waals surface area contributed by atoms with Gasteiger partial charge in [0.2, 0.25) is 11.8 Å². The van der Waals surface area contributed by atoms with Crippen molar-refractivity contribution >= 4 is 29.1 Å². The lowest BCUT2D eigenvalue weighted by Crippen LogP contribution is -2.47. The fourth-order valence-electron chi connectivity index (χ4n) is 3.29. The van der Waals surface area contributed by atoms with E-state index in [4.69, 9.17) is 16.3 Å². The highest BCUT2D eigenvalue weighted by molar-refractivity contribution is 6.30. The van der Waals surface area contributed by atoms with Gasteiger partial charge in [0.1, 0.15) is 11.9 Å². The topological polar surface area (TPSA) is 58.6 Å². The molecule has 1 aromatic carbocycles. The molecule has 1 saturated carbocycles. The molecule has 1 unspecified atom stereocenters. The van der Waals surface area contributed by atoms with Gasteiger partial charge in [0, 0.05) is 19.3 Å². The average molecular weight is 355 g/mol. The minimum absolute atomic E-state index is 0.0145. The number of hydrogen-bond donors (Lipinski definition) is 1. The number of anilines is 1. The van der Waals surface area contributed by atoms with Gasteiger partial charge in [-0.15, -0.1) is 0 Å². The number of ether oxygens (including phenoxy) is 1. The van der Waals surface area contributed by atoms with Crippen LogP contribution in [-0.2, 0) is 14.3 Å². The number of halogens is 2. The predicted molar refractivity (Wildman–Crippen MR) is 88.5 cm³/mol. The summed E-state index contributed by atoms with van der Waals surface area (Å²) in [6.45, 7) is 0.431. The fraction of sp³-hybridized carbons (Fsp3) is 0.529. The lowest BCUT2D eigenvalue weighted by molar-refractivity contribution is -0.136. The normalized spacial score (nSPS) is 22.4. The van der Waals surface area contributed by atoms with Crippen LogP contribution in [0.25, 0.3) is 0 Å². The van der Waals surface area contributed by atoms with E-state index in [-0.39, 0.29) is 28.9 Å². The number of hydrogen-bond acceptors (Lipinski definition) is 3. The van der Waals surface area contributed by atoms with Crippen molar-refractivity contribution in [2.45, 2.75) is 43.7 Å². The lowest BCUT2D eigenvalue weighted by Gasteiger charge is -2.40. The first-order chi connectivity index (χ1) is 11.4. The van der Waals surface area contributed by atoms with Crippen molar-refractivity contribution in [2.75, 3.05) is 18.6 Å². The maximum Gasteiger partial charge on any atom is 0.249 e. The van der Waals surface area contributed by atoms with E-state index in [1.165, 1.54) is 17.0 Å². The van der Waals surface area contributed by atoms with Gasteiger partial charge in [-0.1, -0.05) is 11.6 Å². The first-order valence-corrected chi connectivity index (χ1v) is 8.43. The molecule has 1 heterocycles. The number of nitrogens with one attached hydrogen (secondary N) is 1. The Morgan fingerprint density at radius 3 is 2.83 bits per heavy atom. The van der Waals surface area contributed by atoms with Gasteiger partial charge in [-0.05, 0) is 43.9 Å². The van der Waals surface area contributed by atoms with E-state index in [0.717, 1.165) is 19.3 Å². The number of carbonyl (C=O) groups excluding carboxylic acids is 2. The molecule has 0 aromatic heterocycles. The summed E-state index contributed by atoms with van der Waals surface area (Å²) in [5, 5.41) is 2.80. The molecule has 3 rings (SSSR count). The van der Waals surface area contributed by atoms with Crippen LogP contribution in [0.4, 0.5) is 10.1 Å². The molecule has 1 aliphatic carbocycles. The fourth-order valence-corrected chi connectivity index (χ4v) is 3.40. The second-order valence-electron chi connectivity index (χ2n) is 6.41. The molecule has 24 heavy (non-hydrogen) atoms.